The van der Waals surface area contributed by atoms with Gasteiger partial charge in [-0.05, 0) is 141 Å². The zero-order chi connectivity index (χ0) is 45.2. The Balaban J connectivity index is 1.01. The fourth-order valence-electron chi connectivity index (χ4n) is 8.52. The Labute approximate surface area is 366 Å². The van der Waals surface area contributed by atoms with E-state index in [4.69, 9.17) is 4.74 Å². The van der Waals surface area contributed by atoms with Crippen molar-refractivity contribution in [2.45, 2.75) is 65.7 Å². The molecule has 1 aliphatic rings. The summed E-state index contributed by atoms with van der Waals surface area (Å²) in [5, 5.41) is 15.5. The molecule has 1 unspecified atom stereocenters. The van der Waals surface area contributed by atoms with Crippen LogP contribution in [0.3, 0.4) is 0 Å². The average molecular weight is 872 g/mol. The van der Waals surface area contributed by atoms with E-state index in [-0.39, 0.29) is 12.5 Å². The molecule has 0 bridgehead atoms. The number of carbonyl (C=O) groups excluding carboxylic acids is 1. The van der Waals surface area contributed by atoms with Gasteiger partial charge in [0.2, 0.25) is 0 Å². The molecule has 0 spiro atoms. The molecular formula is C45H60BF2N9O6. The minimum absolute atomic E-state index is 0.204. The van der Waals surface area contributed by atoms with Crippen molar-refractivity contribution in [1.82, 2.24) is 24.6 Å². The van der Waals surface area contributed by atoms with E-state index >= 15 is 0 Å². The van der Waals surface area contributed by atoms with Crippen LogP contribution in [0.5, 0.6) is 5.75 Å². The van der Waals surface area contributed by atoms with Gasteiger partial charge in [-0.2, -0.15) is 0 Å². The predicted octanol–water partition coefficient (Wildman–Crippen LogP) is 3.93. The smallest absolute Gasteiger partial charge is 0.484 e. The number of aromatic nitrogens is 2. The topological polar surface area (TPSA) is 182 Å². The van der Waals surface area contributed by atoms with Gasteiger partial charge in [0.05, 0.1) is 5.92 Å². The molecule has 6 rings (SSSR count). The van der Waals surface area contributed by atoms with Gasteiger partial charge in [-0.3, -0.25) is 32.6 Å². The maximum atomic E-state index is 14.4. The van der Waals surface area contributed by atoms with Gasteiger partial charge in [0, 0.05) is 55.5 Å². The Morgan fingerprint density at radius 3 is 1.73 bits per heavy atom. The van der Waals surface area contributed by atoms with Crippen LogP contribution in [-0.2, 0) is 4.79 Å². The molecule has 1 atom stereocenters. The first-order chi connectivity index (χ1) is 30.2. The van der Waals surface area contributed by atoms with E-state index in [9.17, 15) is 32.6 Å². The molecule has 0 saturated heterocycles. The summed E-state index contributed by atoms with van der Waals surface area (Å²) in [4.78, 5) is 69.9. The number of hydrogen-bond donors (Lipinski definition) is 6. The monoisotopic (exact) mass is 871 g/mol. The molecule has 3 aromatic carbocycles. The van der Waals surface area contributed by atoms with E-state index in [1.165, 1.54) is 0 Å². The Morgan fingerprint density at radius 1 is 0.746 bits per heavy atom. The Kier molecular flexibility index (Phi) is 16.0. The van der Waals surface area contributed by atoms with Crippen molar-refractivity contribution >= 4 is 36.1 Å². The molecule has 0 saturated carbocycles. The van der Waals surface area contributed by atoms with Crippen LogP contribution in [0.2, 0.25) is 0 Å². The third-order valence-corrected chi connectivity index (χ3v) is 11.7. The zero-order valence-electron chi connectivity index (χ0n) is 37.0. The van der Waals surface area contributed by atoms with Crippen molar-refractivity contribution in [2.24, 2.45) is 0 Å². The SMILES string of the molecule is Cc1cc(C)c(C(c2ccc(OCC(=O)NCCCN3CCCNc4c(c(=O)c4=O)NCCCN(C)CCCNc4c(c(=O)c4=O)NCCC3)cc2)c2c(C)cc(C)n2B(F)F)[nH]1. The second kappa shape index (κ2) is 21.6. The van der Waals surface area contributed by atoms with E-state index in [0.29, 0.717) is 112 Å². The molecule has 3 heterocycles. The van der Waals surface area contributed by atoms with Crippen LogP contribution in [0, 0.1) is 27.7 Å². The third-order valence-electron chi connectivity index (χ3n) is 11.7. The van der Waals surface area contributed by atoms with Crippen molar-refractivity contribution in [3.63, 3.8) is 0 Å². The van der Waals surface area contributed by atoms with Crippen LogP contribution in [0.1, 0.15) is 77.5 Å². The number of fused-ring (bicyclic) bond motifs is 2. The second-order valence-electron chi connectivity index (χ2n) is 16.6. The van der Waals surface area contributed by atoms with E-state index in [2.05, 4.69) is 41.4 Å². The molecule has 1 aliphatic heterocycles. The highest BCUT2D eigenvalue weighted by atomic mass is 19.2. The summed E-state index contributed by atoms with van der Waals surface area (Å²) in [5.41, 5.74) is 4.63. The molecule has 63 heavy (non-hydrogen) atoms. The molecule has 2 aromatic heterocycles. The number of rotatable bonds is 11. The van der Waals surface area contributed by atoms with Gasteiger partial charge in [-0.15, -0.1) is 0 Å². The highest BCUT2D eigenvalue weighted by Crippen LogP contribution is 2.38. The van der Waals surface area contributed by atoms with Gasteiger partial charge in [0.15, 0.2) is 6.61 Å². The lowest BCUT2D eigenvalue weighted by molar-refractivity contribution is -0.123. The third kappa shape index (κ3) is 11.5. The van der Waals surface area contributed by atoms with Gasteiger partial charge in [0.1, 0.15) is 28.5 Å². The van der Waals surface area contributed by atoms with Crippen molar-refractivity contribution in [3.8, 4) is 5.75 Å². The number of aromatic amines is 1. The van der Waals surface area contributed by atoms with Crippen molar-refractivity contribution < 1.29 is 18.2 Å². The number of H-pyrrole nitrogens is 1. The predicted molar refractivity (Wildman–Crippen MR) is 247 cm³/mol. The molecule has 6 N–H and O–H groups in total. The number of nitrogens with one attached hydrogen (secondary N) is 6. The maximum Gasteiger partial charge on any atom is 0.677 e. The van der Waals surface area contributed by atoms with E-state index in [0.717, 1.165) is 58.5 Å². The minimum Gasteiger partial charge on any atom is -0.484 e. The number of ether oxygens (including phenoxy) is 1. The number of benzene rings is 1. The van der Waals surface area contributed by atoms with Crippen LogP contribution in [0.25, 0.3) is 0 Å². The fraction of sp³-hybridized carbons (Fsp3) is 0.489. The normalized spacial score (nSPS) is 16.0. The highest BCUT2D eigenvalue weighted by Gasteiger charge is 2.32. The van der Waals surface area contributed by atoms with Crippen LogP contribution >= 0.6 is 0 Å². The number of halogens is 2. The molecule has 18 heteroatoms. The van der Waals surface area contributed by atoms with E-state index in [1.807, 2.05) is 46.0 Å². The van der Waals surface area contributed by atoms with Crippen molar-refractivity contribution in [2.75, 3.05) is 100 Å². The summed E-state index contributed by atoms with van der Waals surface area (Å²) in [6.07, 6.45) is 3.55. The van der Waals surface area contributed by atoms with Crippen LogP contribution < -0.4 is 53.0 Å². The zero-order valence-corrected chi connectivity index (χ0v) is 37.0. The van der Waals surface area contributed by atoms with Crippen LogP contribution in [-0.4, -0.2) is 112 Å². The van der Waals surface area contributed by atoms with Crippen molar-refractivity contribution in [3.05, 3.63) is 117 Å². The molecule has 1 amide bonds. The first-order valence-corrected chi connectivity index (χ1v) is 21.9. The molecule has 15 nitrogen and oxygen atoms in total. The number of aryl methyl sites for hydroxylation is 4. The summed E-state index contributed by atoms with van der Waals surface area (Å²) in [5.74, 6) is -0.298. The van der Waals surface area contributed by atoms with Gasteiger partial charge in [-0.1, -0.05) is 12.1 Å². The van der Waals surface area contributed by atoms with Crippen molar-refractivity contribution in [1.29, 1.82) is 0 Å². The number of anilines is 4. The van der Waals surface area contributed by atoms with E-state index in [1.54, 1.807) is 25.1 Å². The van der Waals surface area contributed by atoms with Gasteiger partial charge >= 0.3 is 7.40 Å². The summed E-state index contributed by atoms with van der Waals surface area (Å²) >= 11 is 0. The average Bonchev–Trinajstić information content (AvgIpc) is 3.76. The minimum atomic E-state index is -2.70. The molecule has 0 radical (unpaired) electrons. The lowest BCUT2D eigenvalue weighted by Crippen LogP contribution is -2.39. The Morgan fingerprint density at radius 2 is 1.25 bits per heavy atom. The number of nitrogens with zero attached hydrogens (tertiary/aromatic N) is 3. The quantitative estimate of drug-likeness (QED) is 0.0641. The summed E-state index contributed by atoms with van der Waals surface area (Å²) in [6, 6.07) is 11.0. The molecule has 338 valence electrons. The molecule has 0 fully saturated rings. The second-order valence-corrected chi connectivity index (χ2v) is 16.6. The molecule has 5 aromatic rings. The fourth-order valence-corrected chi connectivity index (χ4v) is 8.52. The van der Waals surface area contributed by atoms with Gasteiger partial charge < -0.3 is 50.6 Å². The van der Waals surface area contributed by atoms with Crippen LogP contribution in [0.15, 0.2) is 55.6 Å². The summed E-state index contributed by atoms with van der Waals surface area (Å²) in [7, 11) is -0.702. The van der Waals surface area contributed by atoms with Gasteiger partial charge in [0.25, 0.3) is 27.6 Å². The number of carbonyl (C=O) groups is 1. The largest absolute Gasteiger partial charge is 0.677 e. The molecule has 0 aliphatic carbocycles. The summed E-state index contributed by atoms with van der Waals surface area (Å²) < 4.78 is 35.7. The Bertz CT molecular complexity index is 2390. The van der Waals surface area contributed by atoms with Gasteiger partial charge in [-0.25, -0.2) is 0 Å². The first-order valence-electron chi connectivity index (χ1n) is 21.9. The summed E-state index contributed by atoms with van der Waals surface area (Å²) in [6.45, 7) is 13.3. The Hall–Kier alpha value is -5.75. The lowest BCUT2D eigenvalue weighted by atomic mass is 9.88. The lowest BCUT2D eigenvalue weighted by Gasteiger charge is -2.24. The molecular weight excluding hydrogens is 811 g/mol. The number of hydrogen-bond acceptors (Lipinski definition) is 12. The van der Waals surface area contributed by atoms with Crippen LogP contribution in [0.4, 0.5) is 31.4 Å². The first kappa shape index (κ1) is 46.8. The highest BCUT2D eigenvalue weighted by molar-refractivity contribution is 6.41. The standard InChI is InChI=1S/C45H60BF2N9O6/c1-28-25-30(3)54-36(28)35(41-29(2)26-31(4)57(41)46(47)48)32-11-13-33(14-12-32)63-27-34(58)49-15-8-22-56-23-9-18-52-39-37(42(59)44(39)61)50-16-6-20-55(5)21-7-17-51-38-40(45(62)43(38)60)53-19-10-24-56/h11-14,25-26,35,50-54H,6-10,15-24,27H2,1-5H3,(H,49,58). The number of amides is 1. The van der Waals surface area contributed by atoms with E-state index < -0.39 is 35.0 Å². The maximum absolute atomic E-state index is 14.4.